The maximum atomic E-state index is 14.0. The van der Waals surface area contributed by atoms with Gasteiger partial charge in [-0.15, -0.1) is 11.3 Å². The summed E-state index contributed by atoms with van der Waals surface area (Å²) in [5, 5.41) is 3.09. The predicted molar refractivity (Wildman–Crippen MR) is 92.4 cm³/mol. The number of amides is 1. The van der Waals surface area contributed by atoms with Gasteiger partial charge in [-0.05, 0) is 50.2 Å². The van der Waals surface area contributed by atoms with E-state index in [2.05, 4.69) is 4.98 Å². The highest BCUT2D eigenvalue weighted by Gasteiger charge is 2.48. The molecule has 2 aliphatic rings. The lowest BCUT2D eigenvalue weighted by molar-refractivity contribution is -0.136. The monoisotopic (exact) mass is 344 g/mol. The molecule has 1 aliphatic carbocycles. The van der Waals surface area contributed by atoms with Gasteiger partial charge in [-0.3, -0.25) is 4.79 Å². The largest absolute Gasteiger partial charge is 0.333 e. The van der Waals surface area contributed by atoms with Crippen LogP contribution in [0.4, 0.5) is 4.39 Å². The number of aryl methyl sites for hydroxylation is 1. The molecule has 1 amide bonds. The van der Waals surface area contributed by atoms with Gasteiger partial charge >= 0.3 is 0 Å². The Hall–Kier alpha value is -1.75. The zero-order valence-electron chi connectivity index (χ0n) is 13.7. The quantitative estimate of drug-likeness (QED) is 0.824. The van der Waals surface area contributed by atoms with E-state index in [1.54, 1.807) is 17.4 Å². The third-order valence-electron chi connectivity index (χ3n) is 5.12. The van der Waals surface area contributed by atoms with Crippen LogP contribution in [0.15, 0.2) is 29.6 Å². The molecular weight excluding hydrogens is 323 g/mol. The van der Waals surface area contributed by atoms with Crippen LogP contribution < -0.4 is 0 Å². The molecule has 0 spiro atoms. The number of aromatic nitrogens is 1. The number of nitrogens with zero attached hydrogens (tertiary/aromatic N) is 2. The van der Waals surface area contributed by atoms with Crippen molar-refractivity contribution in [1.82, 2.24) is 9.88 Å². The van der Waals surface area contributed by atoms with Crippen LogP contribution >= 0.6 is 11.3 Å². The number of thiazole rings is 1. The van der Waals surface area contributed by atoms with Gasteiger partial charge in [0.2, 0.25) is 5.91 Å². The van der Waals surface area contributed by atoms with Crippen LogP contribution in [0, 0.1) is 18.7 Å². The minimum Gasteiger partial charge on any atom is -0.333 e. The van der Waals surface area contributed by atoms with Crippen molar-refractivity contribution in [2.24, 2.45) is 5.92 Å². The van der Waals surface area contributed by atoms with Crippen LogP contribution in [0.2, 0.25) is 0 Å². The van der Waals surface area contributed by atoms with Crippen LogP contribution in [-0.4, -0.2) is 22.3 Å². The Morgan fingerprint density at radius 3 is 2.92 bits per heavy atom. The summed E-state index contributed by atoms with van der Waals surface area (Å²) >= 11 is 1.64. The van der Waals surface area contributed by atoms with Crippen LogP contribution in [0.5, 0.6) is 0 Å². The summed E-state index contributed by atoms with van der Waals surface area (Å²) < 4.78 is 14.0. The fraction of sp³-hybridized carbons (Fsp3) is 0.474. The Labute approximate surface area is 145 Å². The van der Waals surface area contributed by atoms with Gasteiger partial charge in [0, 0.05) is 23.5 Å². The first-order valence-electron chi connectivity index (χ1n) is 8.62. The highest BCUT2D eigenvalue weighted by atomic mass is 32.1. The molecule has 0 bridgehead atoms. The van der Waals surface area contributed by atoms with Gasteiger partial charge in [-0.25, -0.2) is 9.37 Å². The number of halogens is 1. The highest BCUT2D eigenvalue weighted by molar-refractivity contribution is 7.09. The second-order valence-electron chi connectivity index (χ2n) is 6.84. The molecule has 126 valence electrons. The number of likely N-dealkylation sites (tertiary alicyclic amines) is 1. The van der Waals surface area contributed by atoms with Crippen molar-refractivity contribution >= 4 is 17.2 Å². The van der Waals surface area contributed by atoms with Gasteiger partial charge in [-0.2, -0.15) is 0 Å². The van der Waals surface area contributed by atoms with Crippen molar-refractivity contribution in [3.8, 4) is 0 Å². The van der Waals surface area contributed by atoms with Crippen LogP contribution in [0.3, 0.4) is 0 Å². The zero-order chi connectivity index (χ0) is 16.7. The van der Waals surface area contributed by atoms with Gasteiger partial charge in [0.15, 0.2) is 0 Å². The number of hydrogen-bond acceptors (Lipinski definition) is 3. The Bertz CT molecular complexity index is 759. The molecule has 4 rings (SSSR count). The first-order valence-corrected chi connectivity index (χ1v) is 9.50. The first-order chi connectivity index (χ1) is 11.6. The van der Waals surface area contributed by atoms with Gasteiger partial charge < -0.3 is 4.90 Å². The average Bonchev–Trinajstić information content (AvgIpc) is 3.28. The Kier molecular flexibility index (Phi) is 4.12. The predicted octanol–water partition coefficient (Wildman–Crippen LogP) is 4.45. The van der Waals surface area contributed by atoms with E-state index in [1.807, 2.05) is 29.3 Å². The molecule has 1 saturated carbocycles. The molecule has 0 radical (unpaired) electrons. The summed E-state index contributed by atoms with van der Waals surface area (Å²) in [7, 11) is 0. The van der Waals surface area contributed by atoms with Crippen molar-refractivity contribution in [1.29, 1.82) is 0 Å². The number of hydrogen-bond donors (Lipinski definition) is 0. The normalized spacial score (nSPS) is 26.4. The maximum absolute atomic E-state index is 14.0. The molecule has 24 heavy (non-hydrogen) atoms. The Morgan fingerprint density at radius 2 is 2.17 bits per heavy atom. The molecular formula is C19H21FN2OS. The van der Waals surface area contributed by atoms with E-state index < -0.39 is 0 Å². The lowest BCUT2D eigenvalue weighted by Gasteiger charge is -2.35. The Balaban J connectivity index is 1.52. The van der Waals surface area contributed by atoms with Crippen LogP contribution in [0.1, 0.15) is 53.9 Å². The fourth-order valence-corrected chi connectivity index (χ4v) is 4.72. The Morgan fingerprint density at radius 1 is 1.33 bits per heavy atom. The summed E-state index contributed by atoms with van der Waals surface area (Å²) in [6, 6.07) is 6.94. The van der Waals surface area contributed by atoms with E-state index in [9.17, 15) is 9.18 Å². The molecule has 2 aromatic rings. The molecule has 0 N–H and O–H groups in total. The minimum absolute atomic E-state index is 0.0410. The molecule has 2 fully saturated rings. The maximum Gasteiger partial charge on any atom is 0.226 e. The van der Waals surface area contributed by atoms with Gasteiger partial charge in [0.25, 0.3) is 0 Å². The van der Waals surface area contributed by atoms with Crippen molar-refractivity contribution < 1.29 is 9.18 Å². The molecule has 1 saturated heterocycles. The second kappa shape index (κ2) is 6.28. The molecule has 0 unspecified atom stereocenters. The van der Waals surface area contributed by atoms with E-state index in [0.717, 1.165) is 42.9 Å². The first kappa shape index (κ1) is 15.8. The number of benzene rings is 1. The van der Waals surface area contributed by atoms with Crippen LogP contribution in [-0.2, 0) is 4.79 Å². The third-order valence-corrected chi connectivity index (χ3v) is 6.18. The summed E-state index contributed by atoms with van der Waals surface area (Å²) in [5.74, 6) is -0.0350. The summed E-state index contributed by atoms with van der Waals surface area (Å²) in [6.45, 7) is 2.78. The van der Waals surface area contributed by atoms with E-state index in [-0.39, 0.29) is 29.6 Å². The molecule has 5 heteroatoms. The smallest absolute Gasteiger partial charge is 0.226 e. The van der Waals surface area contributed by atoms with Crippen molar-refractivity contribution in [3.05, 3.63) is 51.7 Å². The topological polar surface area (TPSA) is 33.2 Å². The van der Waals surface area contributed by atoms with Crippen molar-refractivity contribution in [2.45, 2.75) is 44.6 Å². The highest BCUT2D eigenvalue weighted by Crippen LogP contribution is 2.50. The fourth-order valence-electron chi connectivity index (χ4n) is 3.78. The third kappa shape index (κ3) is 2.86. The van der Waals surface area contributed by atoms with E-state index in [1.165, 1.54) is 6.07 Å². The SMILES string of the molecule is Cc1csc([C@@H]2CCCCN2C(=O)[C@@H]2C[C@@H]2c2ccccc2F)n1. The zero-order valence-corrected chi connectivity index (χ0v) is 14.6. The number of rotatable bonds is 3. The van der Waals surface area contributed by atoms with E-state index in [4.69, 9.17) is 0 Å². The van der Waals surface area contributed by atoms with Gasteiger partial charge in [0.05, 0.1) is 6.04 Å². The second-order valence-corrected chi connectivity index (χ2v) is 7.73. The van der Waals surface area contributed by atoms with E-state index >= 15 is 0 Å². The van der Waals surface area contributed by atoms with Crippen molar-refractivity contribution in [3.63, 3.8) is 0 Å². The van der Waals surface area contributed by atoms with Gasteiger partial charge in [0.1, 0.15) is 10.8 Å². The lowest BCUT2D eigenvalue weighted by atomic mass is 10.0. The number of carbonyl (C=O) groups is 1. The standard InChI is InChI=1S/C19H21FN2OS/c1-12-11-24-18(21-12)17-8-4-5-9-22(17)19(23)15-10-14(15)13-6-2-3-7-16(13)20/h2-3,6-7,11,14-15,17H,4-5,8-10H2,1H3/t14-,15-,17+/m1/s1. The van der Waals surface area contributed by atoms with Crippen molar-refractivity contribution in [2.75, 3.05) is 6.54 Å². The van der Waals surface area contributed by atoms with E-state index in [0.29, 0.717) is 5.56 Å². The molecule has 3 nitrogen and oxygen atoms in total. The summed E-state index contributed by atoms with van der Waals surface area (Å²) in [5.41, 5.74) is 1.71. The minimum atomic E-state index is -0.191. The lowest BCUT2D eigenvalue weighted by Crippen LogP contribution is -2.39. The molecule has 1 aliphatic heterocycles. The molecule has 3 atom stereocenters. The molecule has 1 aromatic carbocycles. The summed E-state index contributed by atoms with van der Waals surface area (Å²) in [6.07, 6.45) is 3.92. The number of carbonyl (C=O) groups excluding carboxylic acids is 1. The number of piperidine rings is 1. The van der Waals surface area contributed by atoms with Gasteiger partial charge in [-0.1, -0.05) is 18.2 Å². The average molecular weight is 344 g/mol. The molecule has 2 heterocycles. The van der Waals surface area contributed by atoms with Crippen LogP contribution in [0.25, 0.3) is 0 Å². The molecule has 1 aromatic heterocycles. The summed E-state index contributed by atoms with van der Waals surface area (Å²) in [4.78, 5) is 19.6.